The molecular weight excluding hydrogens is 896 g/mol. The number of nitrogens with two attached hydrogens (primary N) is 1. The second kappa shape index (κ2) is 21.6. The summed E-state index contributed by atoms with van der Waals surface area (Å²) in [5.74, 6) is -0.676. The lowest BCUT2D eigenvalue weighted by molar-refractivity contribution is -0.144. The van der Waals surface area contributed by atoms with E-state index in [2.05, 4.69) is 66.6 Å². The maximum absolute atomic E-state index is 13.3. The van der Waals surface area contributed by atoms with E-state index >= 15 is 0 Å². The molecule has 1 aliphatic rings. The van der Waals surface area contributed by atoms with Gasteiger partial charge in [0.2, 0.25) is 35.3 Å². The molecule has 1 aliphatic heterocycles. The molecule has 23 heteroatoms. The molecule has 1 fully saturated rings. The van der Waals surface area contributed by atoms with E-state index in [0.717, 1.165) is 29.5 Å². The minimum absolute atomic E-state index is 0.0254. The number of aliphatic carboxylic acids is 1. The number of amides is 3. The number of benzene rings is 2. The molecule has 8 N–H and O–H groups in total. The molecule has 0 spiro atoms. The summed E-state index contributed by atoms with van der Waals surface area (Å²) in [5.41, 5.74) is 10.4. The third-order valence-corrected chi connectivity index (χ3v) is 11.4. The fourth-order valence-corrected chi connectivity index (χ4v) is 7.80. The molecule has 0 aliphatic carbocycles. The predicted octanol–water partition coefficient (Wildman–Crippen LogP) is 4.61. The number of rotatable bonds is 19. The van der Waals surface area contributed by atoms with Crippen molar-refractivity contribution >= 4 is 64.3 Å². The summed E-state index contributed by atoms with van der Waals surface area (Å²) >= 11 is 6.87. The first-order valence-corrected chi connectivity index (χ1v) is 22.1. The minimum Gasteiger partial charge on any atom is -0.480 e. The van der Waals surface area contributed by atoms with E-state index in [1.54, 1.807) is 48.8 Å². The van der Waals surface area contributed by atoms with Gasteiger partial charge in [-0.3, -0.25) is 24.1 Å². The number of carbonyl (C=O) groups is 4. The average Bonchev–Trinajstić information content (AvgIpc) is 4.04. The zero-order valence-electron chi connectivity index (χ0n) is 36.8. The van der Waals surface area contributed by atoms with E-state index in [0.29, 0.717) is 86.2 Å². The molecule has 1 atom stereocenters. The SMILES string of the molecule is Cc1c(NC(=O)c2ncc(CNCCNC(=O)CCCNc3nc(N)n4nc(-c5ccco5)nc4n3)cn2)cccc1-c1cccc(NC(=O)c2ncc(CN3CCCC[C@H]3C(=O)O)cn2)c1Cl. The highest BCUT2D eigenvalue weighted by Gasteiger charge is 2.28. The Hall–Kier alpha value is -7.95. The number of carboxylic acid groups (broad SMARTS) is 1. The number of hydrogen-bond acceptors (Lipinski definition) is 17. The number of nitrogens with one attached hydrogen (secondary N) is 5. The molecular formula is C45H47ClN16O6. The summed E-state index contributed by atoms with van der Waals surface area (Å²) in [6.45, 7) is 4.62. The van der Waals surface area contributed by atoms with Crippen molar-refractivity contribution in [2.45, 2.75) is 58.2 Å². The first-order valence-electron chi connectivity index (χ1n) is 21.8. The van der Waals surface area contributed by atoms with Crippen molar-refractivity contribution in [2.24, 2.45) is 0 Å². The van der Waals surface area contributed by atoms with Gasteiger partial charge < -0.3 is 41.8 Å². The van der Waals surface area contributed by atoms with Gasteiger partial charge in [-0.1, -0.05) is 42.3 Å². The second-order valence-electron chi connectivity index (χ2n) is 15.8. The highest BCUT2D eigenvalue weighted by molar-refractivity contribution is 6.36. The van der Waals surface area contributed by atoms with Crippen LogP contribution in [0, 0.1) is 6.92 Å². The Morgan fingerprint density at radius 2 is 1.54 bits per heavy atom. The van der Waals surface area contributed by atoms with Crippen LogP contribution in [0.4, 0.5) is 23.3 Å². The number of carbonyl (C=O) groups excluding carboxylic acids is 3. The van der Waals surface area contributed by atoms with Crippen LogP contribution in [-0.4, -0.2) is 110 Å². The standard InChI is InChI=1S/C45H47ClN16O6/c1-26-29(30-9-5-11-32(36(30)46)56-41(65)39-53-23-28(24-54-39)25-61-18-3-2-12-33(61)42(66)67)8-4-10-31(26)55-40(64)38-51-21-27(22-52-38)20-48-16-17-49-35(63)14-6-15-50-44-58-43(47)62-45(59-44)57-37(60-62)34-13-7-19-68-34/h4-5,7-11,13,19,21-24,33,48H,2-3,6,12,14-18,20,25H2,1H3,(H,49,63)(H,55,64)(H,56,65)(H,66,67)(H3,47,50,57,58,59,60)/t33-/m0/s1. The first-order chi connectivity index (χ1) is 33.0. The molecule has 2 aromatic carbocycles. The lowest BCUT2D eigenvalue weighted by Crippen LogP contribution is -2.44. The van der Waals surface area contributed by atoms with Gasteiger partial charge in [-0.05, 0) is 68.1 Å². The Kier molecular flexibility index (Phi) is 14.8. The van der Waals surface area contributed by atoms with Crippen LogP contribution < -0.4 is 32.3 Å². The predicted molar refractivity (Wildman–Crippen MR) is 250 cm³/mol. The van der Waals surface area contributed by atoms with Crippen molar-refractivity contribution in [3.05, 3.63) is 113 Å². The number of hydrogen-bond donors (Lipinski definition) is 7. The van der Waals surface area contributed by atoms with Gasteiger partial charge in [-0.2, -0.15) is 19.5 Å². The normalized spacial score (nSPS) is 13.8. The van der Waals surface area contributed by atoms with Crippen LogP contribution >= 0.6 is 11.6 Å². The number of nitrogen functional groups attached to an aromatic ring is 1. The van der Waals surface area contributed by atoms with Gasteiger partial charge in [0, 0.05) is 86.3 Å². The van der Waals surface area contributed by atoms with Gasteiger partial charge in [0.05, 0.1) is 17.0 Å². The van der Waals surface area contributed by atoms with Gasteiger partial charge in [-0.15, -0.1) is 5.10 Å². The van der Waals surface area contributed by atoms with Crippen molar-refractivity contribution in [1.29, 1.82) is 0 Å². The van der Waals surface area contributed by atoms with Gasteiger partial charge >= 0.3 is 5.97 Å². The quantitative estimate of drug-likeness (QED) is 0.0545. The summed E-state index contributed by atoms with van der Waals surface area (Å²) < 4.78 is 6.66. The van der Waals surface area contributed by atoms with Crippen molar-refractivity contribution in [3.63, 3.8) is 0 Å². The largest absolute Gasteiger partial charge is 0.480 e. The summed E-state index contributed by atoms with van der Waals surface area (Å²) in [7, 11) is 0. The average molecular weight is 943 g/mol. The second-order valence-corrected chi connectivity index (χ2v) is 16.2. The molecule has 22 nitrogen and oxygen atoms in total. The summed E-state index contributed by atoms with van der Waals surface area (Å²) in [4.78, 5) is 82.4. The Morgan fingerprint density at radius 1 is 0.838 bits per heavy atom. The Bertz CT molecular complexity index is 2910. The number of anilines is 4. The molecule has 0 radical (unpaired) electrons. The number of carboxylic acids is 1. The van der Waals surface area contributed by atoms with E-state index in [-0.39, 0.29) is 46.7 Å². The number of piperidine rings is 1. The molecule has 7 aromatic rings. The summed E-state index contributed by atoms with van der Waals surface area (Å²) in [6, 6.07) is 13.5. The lowest BCUT2D eigenvalue weighted by Gasteiger charge is -2.32. The van der Waals surface area contributed by atoms with E-state index in [9.17, 15) is 24.3 Å². The monoisotopic (exact) mass is 942 g/mol. The van der Waals surface area contributed by atoms with Gasteiger partial charge in [0.15, 0.2) is 5.76 Å². The highest BCUT2D eigenvalue weighted by Crippen LogP contribution is 2.37. The maximum Gasteiger partial charge on any atom is 0.320 e. The lowest BCUT2D eigenvalue weighted by atomic mass is 9.98. The third-order valence-electron chi connectivity index (χ3n) is 11.0. The molecule has 6 heterocycles. The van der Waals surface area contributed by atoms with Gasteiger partial charge in [0.25, 0.3) is 17.6 Å². The van der Waals surface area contributed by atoms with Crippen LogP contribution in [-0.2, 0) is 22.7 Å². The van der Waals surface area contributed by atoms with E-state index in [1.807, 2.05) is 24.0 Å². The van der Waals surface area contributed by atoms with E-state index in [1.165, 1.54) is 23.2 Å². The van der Waals surface area contributed by atoms with Gasteiger partial charge in [-0.25, -0.2) is 19.9 Å². The third kappa shape index (κ3) is 11.3. The first kappa shape index (κ1) is 46.6. The molecule has 0 bridgehead atoms. The van der Waals surface area contributed by atoms with Gasteiger partial charge in [0.1, 0.15) is 6.04 Å². The number of furan rings is 1. The highest BCUT2D eigenvalue weighted by atomic mass is 35.5. The number of halogens is 1. The number of likely N-dealkylation sites (tertiary alicyclic amines) is 1. The molecule has 0 saturated carbocycles. The summed E-state index contributed by atoms with van der Waals surface area (Å²) in [5, 5.41) is 29.0. The summed E-state index contributed by atoms with van der Waals surface area (Å²) in [6.07, 6.45) is 10.9. The Labute approximate surface area is 393 Å². The number of aromatic nitrogens is 9. The maximum atomic E-state index is 13.3. The fourth-order valence-electron chi connectivity index (χ4n) is 7.52. The minimum atomic E-state index is -0.850. The van der Waals surface area contributed by atoms with Crippen LogP contribution in [0.3, 0.4) is 0 Å². The molecule has 5 aromatic heterocycles. The van der Waals surface area contributed by atoms with E-state index in [4.69, 9.17) is 21.8 Å². The molecule has 3 amide bonds. The van der Waals surface area contributed by atoms with Crippen molar-refractivity contribution in [3.8, 4) is 22.7 Å². The van der Waals surface area contributed by atoms with Crippen molar-refractivity contribution < 1.29 is 28.7 Å². The molecule has 1 saturated heterocycles. The smallest absolute Gasteiger partial charge is 0.320 e. The van der Waals surface area contributed by atoms with Crippen LogP contribution in [0.1, 0.15) is 70.0 Å². The van der Waals surface area contributed by atoms with E-state index < -0.39 is 23.8 Å². The number of nitrogens with zero attached hydrogens (tertiary/aromatic N) is 10. The number of fused-ring (bicyclic) bond motifs is 1. The van der Waals surface area contributed by atoms with Crippen molar-refractivity contribution in [1.82, 2.24) is 60.0 Å². The van der Waals surface area contributed by atoms with Crippen LogP contribution in [0.25, 0.3) is 28.5 Å². The van der Waals surface area contributed by atoms with Crippen LogP contribution in [0.5, 0.6) is 0 Å². The van der Waals surface area contributed by atoms with Crippen LogP contribution in [0.15, 0.2) is 84.0 Å². The topological polar surface area (TPSA) is 299 Å². The van der Waals surface area contributed by atoms with Crippen LogP contribution in [0.2, 0.25) is 5.02 Å². The Morgan fingerprint density at radius 3 is 2.26 bits per heavy atom. The molecule has 0 unspecified atom stereocenters. The molecule has 68 heavy (non-hydrogen) atoms. The molecule has 8 rings (SSSR count). The fraction of sp³-hybridized carbons (Fsp3) is 0.289. The Balaban J connectivity index is 0.762. The zero-order chi connectivity index (χ0) is 47.6. The molecule has 350 valence electrons. The zero-order valence-corrected chi connectivity index (χ0v) is 37.5. The van der Waals surface area contributed by atoms with Crippen molar-refractivity contribution in [2.75, 3.05) is 47.9 Å².